The normalized spacial score (nSPS) is 11.2. The molecule has 0 spiro atoms. The van der Waals surface area contributed by atoms with Gasteiger partial charge in [-0.15, -0.1) is 11.3 Å². The number of unbranched alkanes of at least 4 members (excludes halogenated alkanes) is 3. The number of sulfonamides is 1. The highest BCUT2D eigenvalue weighted by molar-refractivity contribution is 7.94. The summed E-state index contributed by atoms with van der Waals surface area (Å²) in [6.45, 7) is 2.86. The first-order chi connectivity index (χ1) is 12.0. The first kappa shape index (κ1) is 19.5. The van der Waals surface area contributed by atoms with Crippen molar-refractivity contribution in [2.24, 2.45) is 0 Å². The average molecular weight is 381 g/mol. The van der Waals surface area contributed by atoms with Crippen LogP contribution in [0.2, 0.25) is 0 Å². The topological polar surface area (TPSA) is 75.3 Å². The fraction of sp³-hybridized carbons (Fsp3) is 0.389. The summed E-state index contributed by atoms with van der Waals surface area (Å²) in [5.41, 5.74) is 1.34. The lowest BCUT2D eigenvalue weighted by atomic mass is 10.1. The Balaban J connectivity index is 1.82. The molecule has 0 saturated heterocycles. The largest absolute Gasteiger partial charge is 0.356 e. The predicted octanol–water partition coefficient (Wildman–Crippen LogP) is 3.79. The van der Waals surface area contributed by atoms with E-state index in [2.05, 4.69) is 17.0 Å². The first-order valence-corrected chi connectivity index (χ1v) is 10.8. The molecule has 2 N–H and O–H groups in total. The van der Waals surface area contributed by atoms with Gasteiger partial charge in [0.15, 0.2) is 0 Å². The summed E-state index contributed by atoms with van der Waals surface area (Å²) < 4.78 is 27.1. The van der Waals surface area contributed by atoms with Crippen LogP contribution in [0.1, 0.15) is 38.2 Å². The Kier molecular flexibility index (Phi) is 7.46. The third kappa shape index (κ3) is 6.51. The van der Waals surface area contributed by atoms with Crippen LogP contribution >= 0.6 is 11.3 Å². The Morgan fingerprint density at radius 3 is 2.48 bits per heavy atom. The van der Waals surface area contributed by atoms with E-state index in [4.69, 9.17) is 0 Å². The van der Waals surface area contributed by atoms with Crippen molar-refractivity contribution >= 4 is 33.0 Å². The van der Waals surface area contributed by atoms with Crippen molar-refractivity contribution in [2.75, 3.05) is 11.3 Å². The molecule has 0 radical (unpaired) electrons. The van der Waals surface area contributed by atoms with Gasteiger partial charge in [0.25, 0.3) is 10.0 Å². The minimum absolute atomic E-state index is 0.0107. The van der Waals surface area contributed by atoms with Crippen LogP contribution in [0.3, 0.4) is 0 Å². The molecule has 1 heterocycles. The molecule has 7 heteroatoms. The molecular weight excluding hydrogens is 356 g/mol. The fourth-order valence-corrected chi connectivity index (χ4v) is 4.39. The lowest BCUT2D eigenvalue weighted by molar-refractivity contribution is -0.120. The minimum atomic E-state index is -3.54. The van der Waals surface area contributed by atoms with Gasteiger partial charge in [-0.2, -0.15) is 0 Å². The monoisotopic (exact) mass is 380 g/mol. The number of thiophene rings is 1. The van der Waals surface area contributed by atoms with E-state index in [1.807, 2.05) is 0 Å². The smallest absolute Gasteiger partial charge is 0.271 e. The lowest BCUT2D eigenvalue weighted by Gasteiger charge is -2.08. The standard InChI is InChI=1S/C18H24N2O3S2/c1-2-3-4-5-12-19-17(21)14-15-8-10-16(11-9-15)20-25(22,23)18-7-6-13-24-18/h6-11,13,20H,2-5,12,14H2,1H3,(H,19,21). The van der Waals surface area contributed by atoms with Crippen molar-refractivity contribution < 1.29 is 13.2 Å². The fourth-order valence-electron chi connectivity index (χ4n) is 2.34. The van der Waals surface area contributed by atoms with E-state index in [0.29, 0.717) is 18.7 Å². The zero-order valence-electron chi connectivity index (χ0n) is 14.3. The molecule has 0 atom stereocenters. The van der Waals surface area contributed by atoms with Crippen LogP contribution in [0.5, 0.6) is 0 Å². The molecule has 25 heavy (non-hydrogen) atoms. The number of nitrogens with one attached hydrogen (secondary N) is 2. The lowest BCUT2D eigenvalue weighted by Crippen LogP contribution is -2.26. The molecule has 0 aliphatic heterocycles. The summed E-state index contributed by atoms with van der Waals surface area (Å²) in [6, 6.07) is 10.1. The highest BCUT2D eigenvalue weighted by Gasteiger charge is 2.15. The molecule has 0 aliphatic rings. The molecule has 2 rings (SSSR count). The highest BCUT2D eigenvalue weighted by Crippen LogP contribution is 2.20. The van der Waals surface area contributed by atoms with E-state index in [0.717, 1.165) is 18.4 Å². The first-order valence-electron chi connectivity index (χ1n) is 8.43. The van der Waals surface area contributed by atoms with E-state index >= 15 is 0 Å². The van der Waals surface area contributed by atoms with E-state index in [-0.39, 0.29) is 10.1 Å². The third-order valence-electron chi connectivity index (χ3n) is 3.68. The van der Waals surface area contributed by atoms with Crippen LogP contribution in [0.25, 0.3) is 0 Å². The molecule has 1 amide bonds. The maximum Gasteiger partial charge on any atom is 0.271 e. The number of carbonyl (C=O) groups is 1. The molecule has 136 valence electrons. The third-order valence-corrected chi connectivity index (χ3v) is 6.46. The van der Waals surface area contributed by atoms with Gasteiger partial charge in [0.05, 0.1) is 6.42 Å². The van der Waals surface area contributed by atoms with Crippen molar-refractivity contribution in [3.63, 3.8) is 0 Å². The van der Waals surface area contributed by atoms with Gasteiger partial charge in [0.1, 0.15) is 4.21 Å². The molecule has 5 nitrogen and oxygen atoms in total. The number of carbonyl (C=O) groups excluding carboxylic acids is 1. The molecule has 0 unspecified atom stereocenters. The molecule has 0 fully saturated rings. The summed E-state index contributed by atoms with van der Waals surface area (Å²) in [5.74, 6) is -0.0107. The van der Waals surface area contributed by atoms with Crippen LogP contribution in [-0.2, 0) is 21.2 Å². The van der Waals surface area contributed by atoms with Crippen molar-refractivity contribution in [3.05, 3.63) is 47.3 Å². The van der Waals surface area contributed by atoms with Gasteiger partial charge in [-0.25, -0.2) is 8.42 Å². The predicted molar refractivity (Wildman–Crippen MR) is 102 cm³/mol. The molecule has 2 aromatic rings. The zero-order valence-corrected chi connectivity index (χ0v) is 16.0. The maximum atomic E-state index is 12.2. The van der Waals surface area contributed by atoms with Crippen molar-refractivity contribution in [2.45, 2.75) is 43.2 Å². The van der Waals surface area contributed by atoms with Gasteiger partial charge in [-0.05, 0) is 35.6 Å². The van der Waals surface area contributed by atoms with Gasteiger partial charge in [0.2, 0.25) is 5.91 Å². The number of amides is 1. The number of hydrogen-bond acceptors (Lipinski definition) is 4. The molecule has 1 aromatic carbocycles. The molecule has 1 aromatic heterocycles. The average Bonchev–Trinajstić information content (AvgIpc) is 3.12. The second kappa shape index (κ2) is 9.58. The summed E-state index contributed by atoms with van der Waals surface area (Å²) in [5, 5.41) is 4.63. The van der Waals surface area contributed by atoms with Crippen LogP contribution < -0.4 is 10.0 Å². The molecule has 0 bridgehead atoms. The molecular formula is C18H24N2O3S2. The Bertz CT molecular complexity index is 754. The van der Waals surface area contributed by atoms with Gasteiger partial charge >= 0.3 is 0 Å². The van der Waals surface area contributed by atoms with E-state index < -0.39 is 10.0 Å². The number of anilines is 1. The summed E-state index contributed by atoms with van der Waals surface area (Å²) in [6.07, 6.45) is 4.81. The summed E-state index contributed by atoms with van der Waals surface area (Å²) >= 11 is 1.17. The number of rotatable bonds is 10. The van der Waals surface area contributed by atoms with Gasteiger partial charge in [-0.3, -0.25) is 9.52 Å². The Hall–Kier alpha value is -1.86. The molecule has 0 aliphatic carbocycles. The van der Waals surface area contributed by atoms with E-state index in [1.54, 1.807) is 41.8 Å². The van der Waals surface area contributed by atoms with E-state index in [9.17, 15) is 13.2 Å². The number of hydrogen-bond donors (Lipinski definition) is 2. The maximum absolute atomic E-state index is 12.2. The van der Waals surface area contributed by atoms with Gasteiger partial charge in [-0.1, -0.05) is 44.4 Å². The second-order valence-electron chi connectivity index (χ2n) is 5.82. The van der Waals surface area contributed by atoms with Crippen molar-refractivity contribution in [1.29, 1.82) is 0 Å². The summed E-state index contributed by atoms with van der Waals surface area (Å²) in [4.78, 5) is 11.9. The van der Waals surface area contributed by atoms with Gasteiger partial charge in [0, 0.05) is 12.2 Å². The van der Waals surface area contributed by atoms with Crippen molar-refractivity contribution in [1.82, 2.24) is 5.32 Å². The van der Waals surface area contributed by atoms with Crippen LogP contribution in [0, 0.1) is 0 Å². The summed E-state index contributed by atoms with van der Waals surface area (Å²) in [7, 11) is -3.54. The van der Waals surface area contributed by atoms with E-state index in [1.165, 1.54) is 24.2 Å². The Morgan fingerprint density at radius 1 is 1.08 bits per heavy atom. The Labute approximate surface area is 153 Å². The van der Waals surface area contributed by atoms with Crippen LogP contribution in [0.15, 0.2) is 46.0 Å². The highest BCUT2D eigenvalue weighted by atomic mass is 32.2. The Morgan fingerprint density at radius 2 is 1.84 bits per heavy atom. The minimum Gasteiger partial charge on any atom is -0.356 e. The number of benzene rings is 1. The zero-order chi connectivity index (χ0) is 18.1. The second-order valence-corrected chi connectivity index (χ2v) is 8.68. The molecule has 0 saturated carbocycles. The quantitative estimate of drug-likeness (QED) is 0.616. The van der Waals surface area contributed by atoms with Crippen molar-refractivity contribution in [3.8, 4) is 0 Å². The van der Waals surface area contributed by atoms with Crippen LogP contribution in [-0.4, -0.2) is 20.9 Å². The van der Waals surface area contributed by atoms with Crippen LogP contribution in [0.4, 0.5) is 5.69 Å². The van der Waals surface area contributed by atoms with Gasteiger partial charge < -0.3 is 5.32 Å². The SMILES string of the molecule is CCCCCCNC(=O)Cc1ccc(NS(=O)(=O)c2cccs2)cc1.